The molecule has 0 amide bonds. The molecule has 0 radical (unpaired) electrons. The summed E-state index contributed by atoms with van der Waals surface area (Å²) < 4.78 is 12.4. The van der Waals surface area contributed by atoms with E-state index in [9.17, 15) is 19.2 Å². The summed E-state index contributed by atoms with van der Waals surface area (Å²) in [7, 11) is 3.96. The lowest BCUT2D eigenvalue weighted by Gasteiger charge is -2.58. The summed E-state index contributed by atoms with van der Waals surface area (Å²) in [5, 5.41) is 7.09. The summed E-state index contributed by atoms with van der Waals surface area (Å²) in [6.07, 6.45) is 19.4. The zero-order chi connectivity index (χ0) is 36.8. The first-order valence-corrected chi connectivity index (χ1v) is 20.7. The Morgan fingerprint density at radius 1 is 0.615 bits per heavy atom. The Balaban J connectivity index is 0.912. The van der Waals surface area contributed by atoms with E-state index in [0.717, 1.165) is 77.0 Å². The minimum absolute atomic E-state index is 0.0180. The molecule has 52 heavy (non-hydrogen) atoms. The Hall–Kier alpha value is -2.58. The number of esters is 2. The predicted molar refractivity (Wildman–Crippen MR) is 199 cm³/mol. The van der Waals surface area contributed by atoms with Crippen LogP contribution in [-0.4, -0.2) is 61.9 Å². The zero-order valence-corrected chi connectivity index (χ0v) is 32.4. The van der Waals surface area contributed by atoms with Crippen LogP contribution in [0.5, 0.6) is 0 Å². The van der Waals surface area contributed by atoms with Gasteiger partial charge in [0.2, 0.25) is 0 Å². The molecular formula is C44H62N2O6. The van der Waals surface area contributed by atoms with E-state index in [0.29, 0.717) is 48.3 Å². The molecule has 0 heterocycles. The SMILES string of the molecule is CNC1C(OC(=O)/C=C\C(=O)OC2C[C@H]3[C@@H]4CCC5=CC(=O)CC[C@]5(C)[C@@H]4CC[C@]3(C)C2NC)C[C@H]2[C@@H]3CCC4=CC(=O)CC[C@]4(C)[C@@H]3CC[C@]12C. The maximum absolute atomic E-state index is 13.3. The van der Waals surface area contributed by atoms with Crippen LogP contribution in [-0.2, 0) is 28.7 Å². The molecule has 6 fully saturated rings. The molecule has 0 aromatic carbocycles. The van der Waals surface area contributed by atoms with Crippen molar-refractivity contribution in [1.82, 2.24) is 10.6 Å². The summed E-state index contributed by atoms with van der Waals surface area (Å²) >= 11 is 0. The van der Waals surface area contributed by atoms with Gasteiger partial charge in [0.1, 0.15) is 12.2 Å². The van der Waals surface area contributed by atoms with Crippen molar-refractivity contribution >= 4 is 23.5 Å². The average Bonchev–Trinajstić information content (AvgIpc) is 3.56. The number of allylic oxidation sites excluding steroid dienone is 2. The lowest BCUT2D eigenvalue weighted by Crippen LogP contribution is -2.54. The molecule has 4 unspecified atom stereocenters. The molecular weight excluding hydrogens is 652 g/mol. The minimum atomic E-state index is -0.488. The number of nitrogens with one attached hydrogen (secondary N) is 2. The number of hydrogen-bond donors (Lipinski definition) is 2. The van der Waals surface area contributed by atoms with E-state index >= 15 is 0 Å². The standard InChI is InChI=1S/C44H62N2O6/c1-41-17-13-27(47)21-25(41)7-9-29-31(41)15-19-43(3)33(29)23-35(39(43)45-5)51-37(49)11-12-38(50)52-36-24-34-30-10-8-26-22-28(48)14-18-42(26,2)32(30)16-20-44(34,4)40(36)46-6/h11-12,21-22,29-36,39-40,45-46H,7-10,13-20,23-24H2,1-6H3/b12-11-/t29-,30-,31-,32-,33+,34+,35?,36?,39?,40?,41+,42+,43+,44+/m1/s1. The van der Waals surface area contributed by atoms with Crippen LogP contribution < -0.4 is 10.6 Å². The first-order chi connectivity index (χ1) is 24.7. The van der Waals surface area contributed by atoms with Crippen LogP contribution in [0.25, 0.3) is 0 Å². The molecule has 8 rings (SSSR count). The number of likely N-dealkylation sites (N-methyl/N-ethyl adjacent to an activating group) is 2. The van der Waals surface area contributed by atoms with Gasteiger partial charge in [0, 0.05) is 37.1 Å². The number of rotatable bonds is 6. The number of ketones is 2. The van der Waals surface area contributed by atoms with Crippen LogP contribution in [0.2, 0.25) is 0 Å². The summed E-state index contributed by atoms with van der Waals surface area (Å²) in [5.41, 5.74) is 2.96. The van der Waals surface area contributed by atoms with Crippen LogP contribution in [0.1, 0.15) is 118 Å². The van der Waals surface area contributed by atoms with E-state index in [1.54, 1.807) is 0 Å². The Kier molecular flexibility index (Phi) is 9.12. The van der Waals surface area contributed by atoms with Crippen LogP contribution in [0.3, 0.4) is 0 Å². The molecule has 14 atom stereocenters. The highest BCUT2D eigenvalue weighted by Crippen LogP contribution is 2.67. The Labute approximate surface area is 310 Å². The van der Waals surface area contributed by atoms with Crippen molar-refractivity contribution in [2.45, 2.75) is 142 Å². The van der Waals surface area contributed by atoms with E-state index < -0.39 is 11.9 Å². The van der Waals surface area contributed by atoms with E-state index in [4.69, 9.17) is 9.47 Å². The van der Waals surface area contributed by atoms with E-state index in [-0.39, 0.29) is 57.5 Å². The van der Waals surface area contributed by atoms with Gasteiger partial charge in [-0.1, -0.05) is 38.8 Å². The second-order valence-electron chi connectivity index (χ2n) is 19.3. The van der Waals surface area contributed by atoms with Crippen molar-refractivity contribution in [2.75, 3.05) is 14.1 Å². The van der Waals surface area contributed by atoms with Gasteiger partial charge in [0.05, 0.1) is 0 Å². The fraction of sp³-hybridized carbons (Fsp3) is 0.773. The highest BCUT2D eigenvalue weighted by atomic mass is 16.6. The average molecular weight is 715 g/mol. The Bertz CT molecular complexity index is 1500. The molecule has 0 aromatic rings. The molecule has 0 saturated heterocycles. The molecule has 0 spiro atoms. The number of carbonyl (C=O) groups is 4. The first-order valence-electron chi connectivity index (χ1n) is 20.7. The second kappa shape index (κ2) is 13.0. The van der Waals surface area contributed by atoms with Gasteiger partial charge in [-0.15, -0.1) is 0 Å². The topological polar surface area (TPSA) is 111 Å². The lowest BCUT2D eigenvalue weighted by molar-refractivity contribution is -0.147. The summed E-state index contributed by atoms with van der Waals surface area (Å²) in [5.74, 6) is 2.68. The summed E-state index contributed by atoms with van der Waals surface area (Å²) in [4.78, 5) is 51.2. The van der Waals surface area contributed by atoms with Gasteiger partial charge in [0.15, 0.2) is 11.6 Å². The van der Waals surface area contributed by atoms with Gasteiger partial charge < -0.3 is 20.1 Å². The normalized spacial score (nSPS) is 48.0. The second-order valence-corrected chi connectivity index (χ2v) is 19.3. The van der Waals surface area contributed by atoms with E-state index in [1.807, 2.05) is 26.2 Å². The van der Waals surface area contributed by atoms with E-state index in [2.05, 4.69) is 38.3 Å². The third-order valence-electron chi connectivity index (χ3n) is 17.4. The zero-order valence-electron chi connectivity index (χ0n) is 32.4. The van der Waals surface area contributed by atoms with Gasteiger partial charge in [-0.05, 0) is 160 Å². The minimum Gasteiger partial charge on any atom is -0.458 e. The largest absolute Gasteiger partial charge is 0.458 e. The monoisotopic (exact) mass is 714 g/mol. The molecule has 284 valence electrons. The maximum atomic E-state index is 13.3. The molecule has 8 aliphatic rings. The third kappa shape index (κ3) is 5.49. The molecule has 8 heteroatoms. The molecule has 0 aliphatic heterocycles. The highest BCUT2D eigenvalue weighted by molar-refractivity contribution is 5.92. The maximum Gasteiger partial charge on any atom is 0.331 e. The number of carbonyl (C=O) groups excluding carboxylic acids is 4. The highest BCUT2D eigenvalue weighted by Gasteiger charge is 2.63. The van der Waals surface area contributed by atoms with Crippen molar-refractivity contribution in [3.63, 3.8) is 0 Å². The van der Waals surface area contributed by atoms with Gasteiger partial charge in [-0.2, -0.15) is 0 Å². The predicted octanol–water partition coefficient (Wildman–Crippen LogP) is 6.83. The Morgan fingerprint density at radius 3 is 1.40 bits per heavy atom. The van der Waals surface area contributed by atoms with Gasteiger partial charge in [0.25, 0.3) is 0 Å². The van der Waals surface area contributed by atoms with Crippen LogP contribution >= 0.6 is 0 Å². The van der Waals surface area contributed by atoms with Crippen molar-refractivity contribution in [3.8, 4) is 0 Å². The quantitative estimate of drug-likeness (QED) is 0.228. The van der Waals surface area contributed by atoms with Crippen molar-refractivity contribution in [1.29, 1.82) is 0 Å². The van der Waals surface area contributed by atoms with Crippen molar-refractivity contribution < 1.29 is 28.7 Å². The van der Waals surface area contributed by atoms with Gasteiger partial charge in [-0.3, -0.25) is 9.59 Å². The first kappa shape index (κ1) is 36.4. The fourth-order valence-corrected chi connectivity index (χ4v) is 14.9. The fourth-order valence-electron chi connectivity index (χ4n) is 14.9. The van der Waals surface area contributed by atoms with Crippen LogP contribution in [0, 0.1) is 57.2 Å². The smallest absolute Gasteiger partial charge is 0.331 e. The third-order valence-corrected chi connectivity index (χ3v) is 17.4. The number of hydrogen-bond acceptors (Lipinski definition) is 8. The lowest BCUT2D eigenvalue weighted by atomic mass is 9.47. The van der Waals surface area contributed by atoms with Crippen molar-refractivity contribution in [3.05, 3.63) is 35.5 Å². The van der Waals surface area contributed by atoms with Gasteiger partial charge in [-0.25, -0.2) is 9.59 Å². The molecule has 6 saturated carbocycles. The van der Waals surface area contributed by atoms with Crippen LogP contribution in [0.15, 0.2) is 35.5 Å². The molecule has 8 aliphatic carbocycles. The molecule has 8 nitrogen and oxygen atoms in total. The van der Waals surface area contributed by atoms with Gasteiger partial charge >= 0.3 is 11.9 Å². The van der Waals surface area contributed by atoms with Crippen molar-refractivity contribution in [2.24, 2.45) is 57.2 Å². The summed E-state index contributed by atoms with van der Waals surface area (Å²) in [6, 6.07) is 0.0943. The Morgan fingerprint density at radius 2 is 1.02 bits per heavy atom. The number of ether oxygens (including phenoxy) is 2. The molecule has 0 bridgehead atoms. The van der Waals surface area contributed by atoms with Crippen LogP contribution in [0.4, 0.5) is 0 Å². The summed E-state index contributed by atoms with van der Waals surface area (Å²) in [6.45, 7) is 9.56. The molecule has 0 aromatic heterocycles. The number of fused-ring (bicyclic) bond motifs is 10. The van der Waals surface area contributed by atoms with E-state index in [1.165, 1.54) is 23.3 Å². The molecule has 2 N–H and O–H groups in total.